The highest BCUT2D eigenvalue weighted by Crippen LogP contribution is 2.19. The lowest BCUT2D eigenvalue weighted by molar-refractivity contribution is -0.166. The number of hydrogen-bond acceptors (Lipinski definition) is 7. The summed E-state index contributed by atoms with van der Waals surface area (Å²) in [5.74, 6) is -2.91. The van der Waals surface area contributed by atoms with Crippen molar-refractivity contribution in [2.75, 3.05) is 13.6 Å². The number of amides is 3. The van der Waals surface area contributed by atoms with Crippen LogP contribution >= 0.6 is 0 Å². The van der Waals surface area contributed by atoms with Crippen LogP contribution in [0, 0.1) is 17.8 Å². The molecule has 1 saturated heterocycles. The highest BCUT2D eigenvalue weighted by molar-refractivity contribution is 5.92. The minimum atomic E-state index is -1.15. The maximum absolute atomic E-state index is 13.8. The molecule has 0 spiro atoms. The molecule has 0 bridgehead atoms. The first-order valence-corrected chi connectivity index (χ1v) is 14.6. The molecule has 10 heteroatoms. The van der Waals surface area contributed by atoms with Crippen LogP contribution in [-0.4, -0.2) is 72.4 Å². The van der Waals surface area contributed by atoms with Gasteiger partial charge in [0.2, 0.25) is 5.91 Å². The van der Waals surface area contributed by atoms with Gasteiger partial charge < -0.3 is 25.0 Å². The molecular weight excluding hydrogens is 526 g/mol. The second-order valence-corrected chi connectivity index (χ2v) is 12.0. The van der Waals surface area contributed by atoms with E-state index >= 15 is 0 Å². The molecule has 3 unspecified atom stereocenters. The molecule has 10 nitrogen and oxygen atoms in total. The maximum Gasteiger partial charge on any atom is 0.329 e. The van der Waals surface area contributed by atoms with Gasteiger partial charge in [0, 0.05) is 20.0 Å². The van der Waals surface area contributed by atoms with Gasteiger partial charge in [0.05, 0.1) is 6.42 Å². The zero-order valence-electron chi connectivity index (χ0n) is 25.5. The van der Waals surface area contributed by atoms with E-state index in [0.717, 1.165) is 5.56 Å². The van der Waals surface area contributed by atoms with Crippen molar-refractivity contribution in [2.45, 2.75) is 97.9 Å². The molecule has 0 aliphatic carbocycles. The Morgan fingerprint density at radius 3 is 1.98 bits per heavy atom. The summed E-state index contributed by atoms with van der Waals surface area (Å²) in [6.45, 7) is 11.4. The maximum atomic E-state index is 13.8. The van der Waals surface area contributed by atoms with Gasteiger partial charge in [-0.15, -0.1) is 0 Å². The van der Waals surface area contributed by atoms with Gasteiger partial charge in [0.1, 0.15) is 12.1 Å². The number of benzene rings is 1. The van der Waals surface area contributed by atoms with Crippen molar-refractivity contribution >= 4 is 29.7 Å². The van der Waals surface area contributed by atoms with Crippen LogP contribution in [0.5, 0.6) is 0 Å². The fourth-order valence-electron chi connectivity index (χ4n) is 4.68. The molecule has 4 atom stereocenters. The molecule has 41 heavy (non-hydrogen) atoms. The standard InChI is InChI=1S/C31H47N3O7/c1-19(2)15-23-31(39)41-26(17-21(5)6)30(38)34(7)24(18-22-11-9-8-10-12-22)28(36)32-14-13-27(35)40-25(16-20(3)4)29(37)33-23/h8-12,19-21,23-26H,13-18H2,1-7H3,(H,32,36)(H,33,37)/t23?,24?,25-,26?/m1/s1. The van der Waals surface area contributed by atoms with Crippen molar-refractivity contribution in [3.63, 3.8) is 0 Å². The minimum Gasteiger partial charge on any atom is -0.452 e. The second-order valence-electron chi connectivity index (χ2n) is 12.0. The van der Waals surface area contributed by atoms with Crippen molar-refractivity contribution in [2.24, 2.45) is 17.8 Å². The SMILES string of the molecule is CC(C)CC1NC(=O)[C@@H](CC(C)C)OC(=O)CCNC(=O)C(Cc2ccccc2)N(C)C(=O)C(CC(C)C)OC1=O. The molecule has 1 aromatic carbocycles. The Hall–Kier alpha value is -3.43. The molecule has 0 aromatic heterocycles. The molecule has 1 aliphatic heterocycles. The number of ether oxygens (including phenoxy) is 2. The van der Waals surface area contributed by atoms with E-state index in [1.165, 1.54) is 11.9 Å². The van der Waals surface area contributed by atoms with Gasteiger partial charge in [0.15, 0.2) is 12.2 Å². The van der Waals surface area contributed by atoms with E-state index in [4.69, 9.17) is 9.47 Å². The smallest absolute Gasteiger partial charge is 0.329 e. The van der Waals surface area contributed by atoms with Crippen LogP contribution in [0.1, 0.15) is 72.8 Å². The van der Waals surface area contributed by atoms with Gasteiger partial charge in [-0.1, -0.05) is 71.9 Å². The lowest BCUT2D eigenvalue weighted by Crippen LogP contribution is -2.54. The van der Waals surface area contributed by atoms with Crippen LogP contribution in [-0.2, 0) is 39.9 Å². The highest BCUT2D eigenvalue weighted by atomic mass is 16.6. The number of esters is 2. The summed E-state index contributed by atoms with van der Waals surface area (Å²) in [7, 11) is 1.51. The monoisotopic (exact) mass is 573 g/mol. The third-order valence-corrected chi connectivity index (χ3v) is 6.80. The van der Waals surface area contributed by atoms with Gasteiger partial charge in [-0.25, -0.2) is 4.79 Å². The molecule has 3 amide bonds. The third kappa shape index (κ3) is 11.2. The first-order valence-electron chi connectivity index (χ1n) is 14.6. The Labute approximate surface area is 243 Å². The van der Waals surface area contributed by atoms with Gasteiger partial charge >= 0.3 is 11.9 Å². The number of carbonyl (C=O) groups is 5. The number of nitrogens with one attached hydrogen (secondary N) is 2. The average molecular weight is 574 g/mol. The second kappa shape index (κ2) is 16.1. The van der Waals surface area contributed by atoms with E-state index in [0.29, 0.717) is 0 Å². The molecule has 1 aromatic rings. The van der Waals surface area contributed by atoms with E-state index in [2.05, 4.69) is 10.6 Å². The van der Waals surface area contributed by atoms with Crippen molar-refractivity contribution in [1.29, 1.82) is 0 Å². The fraction of sp³-hybridized carbons (Fsp3) is 0.645. The molecular formula is C31H47N3O7. The summed E-state index contributed by atoms with van der Waals surface area (Å²) >= 11 is 0. The van der Waals surface area contributed by atoms with Crippen molar-refractivity contribution in [1.82, 2.24) is 15.5 Å². The van der Waals surface area contributed by atoms with Crippen molar-refractivity contribution in [3.05, 3.63) is 35.9 Å². The van der Waals surface area contributed by atoms with Gasteiger partial charge in [-0.2, -0.15) is 0 Å². The predicted octanol–water partition coefficient (Wildman–Crippen LogP) is 3.02. The van der Waals surface area contributed by atoms with Crippen LogP contribution in [0.3, 0.4) is 0 Å². The minimum absolute atomic E-state index is 0.00474. The van der Waals surface area contributed by atoms with Crippen LogP contribution in [0.2, 0.25) is 0 Å². The van der Waals surface area contributed by atoms with E-state index in [9.17, 15) is 24.0 Å². The van der Waals surface area contributed by atoms with Gasteiger partial charge in [-0.3, -0.25) is 19.2 Å². The number of rotatable bonds is 8. The summed E-state index contributed by atoms with van der Waals surface area (Å²) in [5.41, 5.74) is 0.842. The Morgan fingerprint density at radius 1 is 0.805 bits per heavy atom. The number of hydrogen-bond donors (Lipinski definition) is 2. The Kier molecular flexibility index (Phi) is 13.3. The summed E-state index contributed by atoms with van der Waals surface area (Å²) in [5, 5.41) is 5.45. The first-order chi connectivity index (χ1) is 19.3. The van der Waals surface area contributed by atoms with Crippen LogP contribution in [0.25, 0.3) is 0 Å². The molecule has 1 fully saturated rings. The highest BCUT2D eigenvalue weighted by Gasteiger charge is 2.37. The zero-order chi connectivity index (χ0) is 30.7. The number of cyclic esters (lactones) is 2. The Balaban J connectivity index is 2.49. The summed E-state index contributed by atoms with van der Waals surface area (Å²) in [6.07, 6.45) is -1.43. The average Bonchev–Trinajstić information content (AvgIpc) is 2.88. The molecule has 0 radical (unpaired) electrons. The Morgan fingerprint density at radius 2 is 1.39 bits per heavy atom. The van der Waals surface area contributed by atoms with Crippen LogP contribution in [0.4, 0.5) is 0 Å². The molecule has 228 valence electrons. The molecule has 2 rings (SSSR count). The lowest BCUT2D eigenvalue weighted by Gasteiger charge is -2.32. The van der Waals surface area contributed by atoms with Crippen LogP contribution < -0.4 is 10.6 Å². The summed E-state index contributed by atoms with van der Waals surface area (Å²) < 4.78 is 11.3. The fourth-order valence-corrected chi connectivity index (χ4v) is 4.68. The largest absolute Gasteiger partial charge is 0.452 e. The molecule has 0 saturated carbocycles. The number of carbonyl (C=O) groups excluding carboxylic acids is 5. The van der Waals surface area contributed by atoms with Crippen molar-refractivity contribution in [3.8, 4) is 0 Å². The van der Waals surface area contributed by atoms with E-state index in [1.54, 1.807) is 0 Å². The van der Waals surface area contributed by atoms with Crippen LogP contribution in [0.15, 0.2) is 30.3 Å². The van der Waals surface area contributed by atoms with Crippen molar-refractivity contribution < 1.29 is 33.4 Å². The van der Waals surface area contributed by atoms with E-state index < -0.39 is 54.0 Å². The number of likely N-dealkylation sites (N-methyl/N-ethyl adjacent to an activating group) is 1. The summed E-state index contributed by atoms with van der Waals surface area (Å²) in [4.78, 5) is 67.8. The quantitative estimate of drug-likeness (QED) is 0.457. The van der Waals surface area contributed by atoms with E-state index in [1.807, 2.05) is 71.9 Å². The molecule has 1 heterocycles. The molecule has 1 aliphatic rings. The van der Waals surface area contributed by atoms with Gasteiger partial charge in [-0.05, 0) is 42.6 Å². The summed E-state index contributed by atoms with van der Waals surface area (Å²) in [6, 6.07) is 7.33. The first kappa shape index (κ1) is 33.8. The topological polar surface area (TPSA) is 131 Å². The molecule has 2 N–H and O–H groups in total. The lowest BCUT2D eigenvalue weighted by atomic mass is 10.00. The Bertz CT molecular complexity index is 1040. The third-order valence-electron chi connectivity index (χ3n) is 6.80. The normalized spacial score (nSPS) is 23.9. The zero-order valence-corrected chi connectivity index (χ0v) is 25.5. The van der Waals surface area contributed by atoms with E-state index in [-0.39, 0.29) is 56.4 Å². The van der Waals surface area contributed by atoms with Gasteiger partial charge in [0.25, 0.3) is 11.8 Å². The number of nitrogens with zero attached hydrogens (tertiary/aromatic N) is 1. The predicted molar refractivity (Wildman–Crippen MR) is 154 cm³/mol.